The van der Waals surface area contributed by atoms with E-state index in [2.05, 4.69) is 5.32 Å². The van der Waals surface area contributed by atoms with Crippen molar-refractivity contribution in [3.8, 4) is 0 Å². The van der Waals surface area contributed by atoms with Crippen LogP contribution in [0.15, 0.2) is 0 Å². The summed E-state index contributed by atoms with van der Waals surface area (Å²) < 4.78 is 0. The maximum Gasteiger partial charge on any atom is 0.228 e. The first-order valence-electron chi connectivity index (χ1n) is 4.51. The number of nitrogens with one attached hydrogen (secondary N) is 1. The molecule has 0 aromatic rings. The largest absolute Gasteiger partial charge is 0.392 e. The Morgan fingerprint density at radius 1 is 1.58 bits per heavy atom. The van der Waals surface area contributed by atoms with E-state index >= 15 is 0 Å². The van der Waals surface area contributed by atoms with Crippen LogP contribution in [0.2, 0.25) is 0 Å². The lowest BCUT2D eigenvalue weighted by Crippen LogP contribution is -2.47. The summed E-state index contributed by atoms with van der Waals surface area (Å²) in [5.74, 6) is -0.0327. The van der Waals surface area contributed by atoms with Crippen LogP contribution in [0.25, 0.3) is 0 Å². The Morgan fingerprint density at radius 2 is 2.25 bits per heavy atom. The molecular weight excluding hydrogens is 154 g/mol. The zero-order chi connectivity index (χ0) is 9.19. The Balaban J connectivity index is 2.72. The van der Waals surface area contributed by atoms with E-state index in [1.54, 1.807) is 7.05 Å². The molecule has 0 spiro atoms. The van der Waals surface area contributed by atoms with Gasteiger partial charge in [-0.1, -0.05) is 12.8 Å². The molecule has 3 nitrogen and oxygen atoms in total. The van der Waals surface area contributed by atoms with Gasteiger partial charge in [0.15, 0.2) is 0 Å². The second-order valence-electron chi connectivity index (χ2n) is 3.76. The molecule has 3 heteroatoms. The van der Waals surface area contributed by atoms with Crippen molar-refractivity contribution in [2.45, 2.75) is 38.7 Å². The highest BCUT2D eigenvalue weighted by Crippen LogP contribution is 2.36. The van der Waals surface area contributed by atoms with Crippen molar-refractivity contribution in [2.75, 3.05) is 7.05 Å². The molecule has 0 aromatic carbocycles. The van der Waals surface area contributed by atoms with Crippen LogP contribution in [0.4, 0.5) is 0 Å². The Kier molecular flexibility index (Phi) is 2.73. The SMILES string of the molecule is CNC(=O)C1(C)CCCCC1O. The Morgan fingerprint density at radius 3 is 2.75 bits per heavy atom. The monoisotopic (exact) mass is 171 g/mol. The van der Waals surface area contributed by atoms with Crippen LogP contribution >= 0.6 is 0 Å². The van der Waals surface area contributed by atoms with Crippen LogP contribution in [0.3, 0.4) is 0 Å². The molecule has 1 saturated carbocycles. The molecule has 1 aliphatic rings. The van der Waals surface area contributed by atoms with Crippen LogP contribution in [-0.2, 0) is 4.79 Å². The van der Waals surface area contributed by atoms with Crippen LogP contribution < -0.4 is 5.32 Å². The topological polar surface area (TPSA) is 49.3 Å². The minimum Gasteiger partial charge on any atom is -0.392 e. The second kappa shape index (κ2) is 3.44. The molecule has 0 radical (unpaired) electrons. The standard InChI is InChI=1S/C9H17NO2/c1-9(8(12)10-2)6-4-3-5-7(9)11/h7,11H,3-6H2,1-2H3,(H,10,12). The molecular formula is C9H17NO2. The van der Waals surface area contributed by atoms with Gasteiger partial charge in [-0.25, -0.2) is 0 Å². The zero-order valence-electron chi connectivity index (χ0n) is 7.76. The van der Waals surface area contributed by atoms with Gasteiger partial charge in [0.05, 0.1) is 11.5 Å². The number of carbonyl (C=O) groups is 1. The van der Waals surface area contributed by atoms with Crippen molar-refractivity contribution < 1.29 is 9.90 Å². The van der Waals surface area contributed by atoms with Gasteiger partial charge in [-0.2, -0.15) is 0 Å². The quantitative estimate of drug-likeness (QED) is 0.609. The van der Waals surface area contributed by atoms with Gasteiger partial charge in [-0.05, 0) is 19.8 Å². The lowest BCUT2D eigenvalue weighted by atomic mass is 9.73. The molecule has 2 atom stereocenters. The lowest BCUT2D eigenvalue weighted by molar-refractivity contribution is -0.139. The van der Waals surface area contributed by atoms with Crippen molar-refractivity contribution in [1.29, 1.82) is 0 Å². The minimum atomic E-state index is -0.549. The average molecular weight is 171 g/mol. The maximum absolute atomic E-state index is 11.4. The van der Waals surface area contributed by atoms with E-state index in [9.17, 15) is 9.90 Å². The average Bonchev–Trinajstić information content (AvgIpc) is 2.09. The minimum absolute atomic E-state index is 0.0327. The van der Waals surface area contributed by atoms with Crippen molar-refractivity contribution in [2.24, 2.45) is 5.41 Å². The third-order valence-electron chi connectivity index (χ3n) is 2.90. The van der Waals surface area contributed by atoms with Gasteiger partial charge >= 0.3 is 0 Å². The van der Waals surface area contributed by atoms with Gasteiger partial charge in [0.2, 0.25) is 5.91 Å². The van der Waals surface area contributed by atoms with Gasteiger partial charge in [0.25, 0.3) is 0 Å². The van der Waals surface area contributed by atoms with Gasteiger partial charge in [0.1, 0.15) is 0 Å². The molecule has 70 valence electrons. The third-order valence-corrected chi connectivity index (χ3v) is 2.90. The highest BCUT2D eigenvalue weighted by Gasteiger charge is 2.41. The van der Waals surface area contributed by atoms with Gasteiger partial charge in [-0.15, -0.1) is 0 Å². The van der Waals surface area contributed by atoms with Crippen LogP contribution in [-0.4, -0.2) is 24.2 Å². The Hall–Kier alpha value is -0.570. The van der Waals surface area contributed by atoms with E-state index in [4.69, 9.17) is 0 Å². The normalized spacial score (nSPS) is 36.1. The maximum atomic E-state index is 11.4. The number of aliphatic hydroxyl groups excluding tert-OH is 1. The number of aliphatic hydroxyl groups is 1. The van der Waals surface area contributed by atoms with E-state index < -0.39 is 11.5 Å². The molecule has 1 aliphatic carbocycles. The second-order valence-corrected chi connectivity index (χ2v) is 3.76. The molecule has 1 fully saturated rings. The van der Waals surface area contributed by atoms with Crippen LogP contribution in [0.1, 0.15) is 32.6 Å². The Bertz CT molecular complexity index is 181. The molecule has 0 aliphatic heterocycles. The summed E-state index contributed by atoms with van der Waals surface area (Å²) in [4.78, 5) is 11.4. The third kappa shape index (κ3) is 1.46. The van der Waals surface area contributed by atoms with E-state index in [0.29, 0.717) is 0 Å². The number of rotatable bonds is 1. The molecule has 0 heterocycles. The van der Waals surface area contributed by atoms with E-state index in [1.807, 2.05) is 6.92 Å². The summed E-state index contributed by atoms with van der Waals surface area (Å²) in [5.41, 5.74) is -0.549. The van der Waals surface area contributed by atoms with Crippen LogP contribution in [0, 0.1) is 5.41 Å². The van der Waals surface area contributed by atoms with E-state index in [-0.39, 0.29) is 5.91 Å². The van der Waals surface area contributed by atoms with Crippen molar-refractivity contribution in [1.82, 2.24) is 5.32 Å². The first kappa shape index (κ1) is 9.52. The predicted molar refractivity (Wildman–Crippen MR) is 46.6 cm³/mol. The molecule has 2 unspecified atom stereocenters. The highest BCUT2D eigenvalue weighted by atomic mass is 16.3. The van der Waals surface area contributed by atoms with Crippen molar-refractivity contribution >= 4 is 5.91 Å². The first-order valence-corrected chi connectivity index (χ1v) is 4.51. The van der Waals surface area contributed by atoms with Gasteiger partial charge in [-0.3, -0.25) is 4.79 Å². The van der Waals surface area contributed by atoms with E-state index in [1.165, 1.54) is 0 Å². The highest BCUT2D eigenvalue weighted by molar-refractivity contribution is 5.82. The molecule has 1 rings (SSSR count). The number of hydrogen-bond acceptors (Lipinski definition) is 2. The number of carbonyl (C=O) groups excluding carboxylic acids is 1. The summed E-state index contributed by atoms with van der Waals surface area (Å²) in [6.45, 7) is 1.84. The molecule has 0 bridgehead atoms. The molecule has 1 amide bonds. The molecule has 2 N–H and O–H groups in total. The smallest absolute Gasteiger partial charge is 0.228 e. The number of hydrogen-bond donors (Lipinski definition) is 2. The van der Waals surface area contributed by atoms with Crippen LogP contribution in [0.5, 0.6) is 0 Å². The molecule has 12 heavy (non-hydrogen) atoms. The summed E-state index contributed by atoms with van der Waals surface area (Å²) in [7, 11) is 1.62. The fourth-order valence-electron chi connectivity index (χ4n) is 1.87. The number of amides is 1. The summed E-state index contributed by atoms with van der Waals surface area (Å²) in [6.07, 6.45) is 3.16. The molecule has 0 aromatic heterocycles. The van der Waals surface area contributed by atoms with Gasteiger partial charge < -0.3 is 10.4 Å². The Labute approximate surface area is 73.2 Å². The summed E-state index contributed by atoms with van der Waals surface area (Å²) in [5, 5.41) is 12.3. The fraction of sp³-hybridized carbons (Fsp3) is 0.889. The van der Waals surface area contributed by atoms with E-state index in [0.717, 1.165) is 25.7 Å². The predicted octanol–water partition coefficient (Wildman–Crippen LogP) is 0.674. The first-order chi connectivity index (χ1) is 5.61. The van der Waals surface area contributed by atoms with Crippen molar-refractivity contribution in [3.05, 3.63) is 0 Å². The fourth-order valence-corrected chi connectivity index (χ4v) is 1.87. The van der Waals surface area contributed by atoms with Gasteiger partial charge in [0, 0.05) is 7.05 Å². The summed E-state index contributed by atoms with van der Waals surface area (Å²) in [6, 6.07) is 0. The molecule has 0 saturated heterocycles. The zero-order valence-corrected chi connectivity index (χ0v) is 7.76. The lowest BCUT2D eigenvalue weighted by Gasteiger charge is -2.36. The van der Waals surface area contributed by atoms with Crippen molar-refractivity contribution in [3.63, 3.8) is 0 Å². The summed E-state index contributed by atoms with van der Waals surface area (Å²) >= 11 is 0.